The molecule has 2 N–H and O–H groups in total. The monoisotopic (exact) mass is 193 g/mol. The van der Waals surface area contributed by atoms with E-state index in [-0.39, 0.29) is 6.61 Å². The summed E-state index contributed by atoms with van der Waals surface area (Å²) >= 11 is 0. The topological polar surface area (TPSA) is 70.1 Å². The Kier molecular flexibility index (Phi) is 2.16. The number of hydrogen-bond donors (Lipinski definition) is 2. The summed E-state index contributed by atoms with van der Waals surface area (Å²) in [6.07, 6.45) is 1.27. The number of aliphatic hydroxyl groups excluding tert-OH is 1. The summed E-state index contributed by atoms with van der Waals surface area (Å²) in [6, 6.07) is 7.17. The number of hydrogen-bond acceptors (Lipinski definition) is 3. The van der Waals surface area contributed by atoms with Crippen molar-refractivity contribution < 1.29 is 14.3 Å². The van der Waals surface area contributed by atoms with Crippen LogP contribution in [0.3, 0.4) is 0 Å². The van der Waals surface area contributed by atoms with E-state index in [1.165, 1.54) is 10.9 Å². The van der Waals surface area contributed by atoms with Crippen molar-refractivity contribution in [3.8, 4) is 5.69 Å². The molecular formula is C9H9N2O3+. The van der Waals surface area contributed by atoms with Crippen molar-refractivity contribution in [1.82, 2.24) is 5.27 Å². The Balaban J connectivity index is 2.55. The fraction of sp³-hybridized carbons (Fsp3) is 0.111. The van der Waals surface area contributed by atoms with Crippen LogP contribution >= 0.6 is 0 Å². The van der Waals surface area contributed by atoms with E-state index in [4.69, 9.17) is 5.11 Å². The average molecular weight is 193 g/mol. The Labute approximate surface area is 79.2 Å². The van der Waals surface area contributed by atoms with Crippen molar-refractivity contribution in [2.24, 2.45) is 0 Å². The molecule has 0 unspecified atom stereocenters. The van der Waals surface area contributed by atoms with Gasteiger partial charge in [-0.15, -0.1) is 0 Å². The first-order chi connectivity index (χ1) is 6.81. The largest absolute Gasteiger partial charge is 0.427 e. The molecule has 0 bridgehead atoms. The summed E-state index contributed by atoms with van der Waals surface area (Å²) in [5, 5.41) is 11.5. The number of rotatable bonds is 2. The van der Waals surface area contributed by atoms with Gasteiger partial charge in [0, 0.05) is 6.07 Å². The summed E-state index contributed by atoms with van der Waals surface area (Å²) in [6.45, 7) is -0.0869. The van der Waals surface area contributed by atoms with E-state index >= 15 is 0 Å². The molecule has 1 heterocycles. The molecule has 0 saturated heterocycles. The number of aliphatic hydroxyl groups is 1. The van der Waals surface area contributed by atoms with E-state index in [1.807, 2.05) is 12.1 Å². The highest BCUT2D eigenvalue weighted by Gasteiger charge is 2.14. The van der Waals surface area contributed by atoms with Gasteiger partial charge < -0.3 is 5.11 Å². The van der Waals surface area contributed by atoms with Crippen LogP contribution in [-0.4, -0.2) is 10.4 Å². The van der Waals surface area contributed by atoms with Gasteiger partial charge in [0.1, 0.15) is 0 Å². The van der Waals surface area contributed by atoms with Gasteiger partial charge in [-0.3, -0.25) is 4.52 Å². The number of para-hydroxylation sites is 1. The summed E-state index contributed by atoms with van der Waals surface area (Å²) in [5.74, 6) is 0. The number of aromatic amines is 1. The molecular weight excluding hydrogens is 184 g/mol. The number of nitrogens with one attached hydrogen (secondary N) is 1. The number of H-pyrrole nitrogens is 1. The van der Waals surface area contributed by atoms with Gasteiger partial charge in [-0.2, -0.15) is 0 Å². The first-order valence-electron chi connectivity index (χ1n) is 4.10. The third-order valence-electron chi connectivity index (χ3n) is 1.90. The zero-order chi connectivity index (χ0) is 9.97. The average Bonchev–Trinajstić information content (AvgIpc) is 2.65. The van der Waals surface area contributed by atoms with Crippen molar-refractivity contribution in [3.63, 3.8) is 0 Å². The molecule has 0 fully saturated rings. The Morgan fingerprint density at radius 1 is 1.43 bits per heavy atom. The van der Waals surface area contributed by atoms with Crippen LogP contribution in [0, 0.1) is 0 Å². The van der Waals surface area contributed by atoms with Gasteiger partial charge in [-0.05, 0) is 16.0 Å². The van der Waals surface area contributed by atoms with E-state index in [1.54, 1.807) is 12.1 Å². The molecule has 72 valence electrons. The molecule has 5 nitrogen and oxygen atoms in total. The van der Waals surface area contributed by atoms with Crippen LogP contribution in [0.25, 0.3) is 5.69 Å². The molecule has 0 spiro atoms. The molecule has 0 atom stereocenters. The fourth-order valence-corrected chi connectivity index (χ4v) is 1.25. The van der Waals surface area contributed by atoms with Gasteiger partial charge in [0.2, 0.25) is 5.69 Å². The van der Waals surface area contributed by atoms with Gasteiger partial charge >= 0.3 is 5.63 Å². The summed E-state index contributed by atoms with van der Waals surface area (Å²) in [4.78, 5) is 10.8. The number of aromatic nitrogens is 2. The highest BCUT2D eigenvalue weighted by Crippen LogP contribution is 2.06. The van der Waals surface area contributed by atoms with Crippen LogP contribution in [0.1, 0.15) is 5.56 Å². The smallest absolute Gasteiger partial charge is 0.391 e. The number of nitrogens with zero attached hydrogens (tertiary/aromatic N) is 1. The van der Waals surface area contributed by atoms with Crippen molar-refractivity contribution >= 4 is 0 Å². The lowest BCUT2D eigenvalue weighted by molar-refractivity contribution is -0.670. The van der Waals surface area contributed by atoms with Crippen LogP contribution in [0.4, 0.5) is 0 Å². The first-order valence-corrected chi connectivity index (χ1v) is 4.10. The van der Waals surface area contributed by atoms with E-state index in [0.717, 1.165) is 5.56 Å². The molecule has 0 saturated carbocycles. The van der Waals surface area contributed by atoms with Crippen LogP contribution < -0.4 is 10.3 Å². The van der Waals surface area contributed by atoms with Gasteiger partial charge in [0.05, 0.1) is 12.2 Å². The summed E-state index contributed by atoms with van der Waals surface area (Å²) in [7, 11) is 0. The zero-order valence-electron chi connectivity index (χ0n) is 7.30. The molecule has 0 radical (unpaired) electrons. The highest BCUT2D eigenvalue weighted by molar-refractivity contribution is 5.32. The molecule has 1 aromatic carbocycles. The SMILES string of the molecule is O=c1c[n+](-c2ccccc2CO)[nH]o1. The summed E-state index contributed by atoms with van der Waals surface area (Å²) in [5.41, 5.74) is 0.952. The maximum atomic E-state index is 10.8. The number of benzene rings is 1. The minimum Gasteiger partial charge on any atom is -0.391 e. The van der Waals surface area contributed by atoms with Crippen molar-refractivity contribution in [2.75, 3.05) is 0 Å². The summed E-state index contributed by atoms with van der Waals surface area (Å²) < 4.78 is 5.94. The Morgan fingerprint density at radius 3 is 2.86 bits per heavy atom. The quantitative estimate of drug-likeness (QED) is 0.645. The fourth-order valence-electron chi connectivity index (χ4n) is 1.25. The van der Waals surface area contributed by atoms with Crippen LogP contribution in [0.15, 0.2) is 39.8 Å². The van der Waals surface area contributed by atoms with Gasteiger partial charge in [0.15, 0.2) is 0 Å². The third kappa shape index (κ3) is 1.45. The molecule has 1 aromatic heterocycles. The second-order valence-electron chi connectivity index (χ2n) is 2.80. The van der Waals surface area contributed by atoms with E-state index in [0.29, 0.717) is 5.69 Å². The third-order valence-corrected chi connectivity index (χ3v) is 1.90. The van der Waals surface area contributed by atoms with Crippen LogP contribution in [0.2, 0.25) is 0 Å². The lowest BCUT2D eigenvalue weighted by Crippen LogP contribution is -2.33. The maximum absolute atomic E-state index is 10.8. The van der Waals surface area contributed by atoms with Gasteiger partial charge in [-0.1, -0.05) is 12.1 Å². The molecule has 0 aliphatic carbocycles. The van der Waals surface area contributed by atoms with Crippen molar-refractivity contribution in [1.29, 1.82) is 0 Å². The Hall–Kier alpha value is -1.88. The van der Waals surface area contributed by atoms with Crippen LogP contribution in [-0.2, 0) is 6.61 Å². The zero-order valence-corrected chi connectivity index (χ0v) is 7.30. The Bertz CT molecular complexity index is 487. The second kappa shape index (κ2) is 3.47. The van der Waals surface area contributed by atoms with Gasteiger partial charge in [0.25, 0.3) is 6.20 Å². The van der Waals surface area contributed by atoms with Crippen molar-refractivity contribution in [3.05, 3.63) is 46.4 Å². The van der Waals surface area contributed by atoms with E-state index in [2.05, 4.69) is 9.79 Å². The minimum absolute atomic E-state index is 0.0869. The standard InChI is InChI=1S/C9H8N2O3/c12-6-7-3-1-2-4-8(7)11-5-9(13)14-10-11/h1-5,12H,6H2/p+1. The Morgan fingerprint density at radius 2 is 2.21 bits per heavy atom. The lowest BCUT2D eigenvalue weighted by atomic mass is 10.2. The molecule has 0 amide bonds. The second-order valence-corrected chi connectivity index (χ2v) is 2.80. The molecule has 5 heteroatoms. The predicted molar refractivity (Wildman–Crippen MR) is 46.8 cm³/mol. The first kappa shape index (κ1) is 8.71. The molecule has 0 aliphatic heterocycles. The minimum atomic E-state index is -0.460. The van der Waals surface area contributed by atoms with Crippen molar-refractivity contribution in [2.45, 2.75) is 6.61 Å². The predicted octanol–water partition coefficient (Wildman–Crippen LogP) is -0.263. The molecule has 2 rings (SSSR count). The van der Waals surface area contributed by atoms with Gasteiger partial charge in [-0.25, -0.2) is 4.79 Å². The van der Waals surface area contributed by atoms with E-state index < -0.39 is 5.63 Å². The molecule has 2 aromatic rings. The highest BCUT2D eigenvalue weighted by atomic mass is 16.5. The van der Waals surface area contributed by atoms with Crippen LogP contribution in [0.5, 0.6) is 0 Å². The normalized spacial score (nSPS) is 10.4. The maximum Gasteiger partial charge on any atom is 0.427 e. The molecule has 14 heavy (non-hydrogen) atoms. The molecule has 0 aliphatic rings. The lowest BCUT2D eigenvalue weighted by Gasteiger charge is -1.96. The van der Waals surface area contributed by atoms with E-state index in [9.17, 15) is 4.79 Å².